The summed E-state index contributed by atoms with van der Waals surface area (Å²) < 4.78 is 5.08. The molecule has 0 spiro atoms. The summed E-state index contributed by atoms with van der Waals surface area (Å²) in [5.41, 5.74) is 2.53. The minimum atomic E-state index is 0.924. The average Bonchev–Trinajstić information content (AvgIpc) is 2.04. The third kappa shape index (κ3) is 1.76. The zero-order valence-electron chi connectivity index (χ0n) is 7.22. The van der Waals surface area contributed by atoms with Gasteiger partial charge in [0.2, 0.25) is 0 Å². The highest BCUT2D eigenvalue weighted by molar-refractivity contribution is 6.52. The molecule has 0 aromatic heterocycles. The van der Waals surface area contributed by atoms with Gasteiger partial charge in [-0.1, -0.05) is 23.9 Å². The topological polar surface area (TPSA) is 9.23 Å². The molecule has 0 unspecified atom stereocenters. The molecular weight excluding hydrogens is 135 g/mol. The van der Waals surface area contributed by atoms with Crippen LogP contribution in [0.3, 0.4) is 0 Å². The number of rotatable bonds is 2. The maximum Gasteiger partial charge on any atom is 0.148 e. The average molecular weight is 147 g/mol. The predicted molar refractivity (Wildman–Crippen MR) is 49.0 cm³/mol. The van der Waals surface area contributed by atoms with Crippen LogP contribution in [-0.4, -0.2) is 14.4 Å². The van der Waals surface area contributed by atoms with Gasteiger partial charge in [0.25, 0.3) is 0 Å². The predicted octanol–water partition coefficient (Wildman–Crippen LogP) is 1.38. The Morgan fingerprint density at radius 2 is 2.09 bits per heavy atom. The Balaban J connectivity index is 2.99. The van der Waals surface area contributed by atoms with Gasteiger partial charge in [-0.2, -0.15) is 0 Å². The van der Waals surface area contributed by atoms with E-state index in [0.29, 0.717) is 0 Å². The van der Waals surface area contributed by atoms with Gasteiger partial charge in [-0.3, -0.25) is 0 Å². The summed E-state index contributed by atoms with van der Waals surface area (Å²) in [4.78, 5) is 0. The second-order valence-corrected chi connectivity index (χ2v) is 2.51. The van der Waals surface area contributed by atoms with Crippen molar-refractivity contribution < 1.29 is 4.74 Å². The first-order valence-corrected chi connectivity index (χ1v) is 3.72. The smallest absolute Gasteiger partial charge is 0.148 e. The van der Waals surface area contributed by atoms with Crippen molar-refractivity contribution in [1.29, 1.82) is 0 Å². The molecule has 0 atom stereocenters. The van der Waals surface area contributed by atoms with Crippen molar-refractivity contribution in [2.24, 2.45) is 0 Å². The maximum atomic E-state index is 5.08. The number of methoxy groups -OCH3 is 1. The van der Waals surface area contributed by atoms with Crippen molar-refractivity contribution in [3.05, 3.63) is 23.8 Å². The Hall–Kier alpha value is -0.915. The summed E-state index contributed by atoms with van der Waals surface area (Å²) in [6.45, 7) is 4.12. The summed E-state index contributed by atoms with van der Waals surface area (Å²) in [6, 6.07) is 6.08. The molecule has 0 heterocycles. The minimum Gasteiger partial charge on any atom is -0.497 e. The Labute approximate surface area is 68.6 Å². The van der Waals surface area contributed by atoms with Crippen molar-refractivity contribution in [3.8, 4) is 5.75 Å². The van der Waals surface area contributed by atoms with Crippen LogP contribution in [0.25, 0.3) is 0 Å². The van der Waals surface area contributed by atoms with E-state index in [1.165, 1.54) is 11.0 Å². The lowest BCUT2D eigenvalue weighted by Crippen LogP contribution is -2.13. The van der Waals surface area contributed by atoms with E-state index >= 15 is 0 Å². The zero-order valence-corrected chi connectivity index (χ0v) is 7.22. The van der Waals surface area contributed by atoms with Gasteiger partial charge in [-0.05, 0) is 19.1 Å². The van der Waals surface area contributed by atoms with Crippen LogP contribution >= 0.6 is 0 Å². The molecule has 1 nitrogen and oxygen atoms in total. The van der Waals surface area contributed by atoms with Gasteiger partial charge in [-0.25, -0.2) is 0 Å². The molecule has 0 saturated heterocycles. The molecule has 0 fully saturated rings. The van der Waals surface area contributed by atoms with Crippen LogP contribution in [0.4, 0.5) is 0 Å². The van der Waals surface area contributed by atoms with Crippen LogP contribution in [0.2, 0.25) is 6.82 Å². The number of benzene rings is 1. The third-order valence-corrected chi connectivity index (χ3v) is 1.79. The van der Waals surface area contributed by atoms with Crippen molar-refractivity contribution >= 4 is 12.7 Å². The molecule has 0 aliphatic heterocycles. The number of ether oxygens (including phenoxy) is 1. The van der Waals surface area contributed by atoms with Crippen LogP contribution in [0.1, 0.15) is 5.56 Å². The van der Waals surface area contributed by atoms with Gasteiger partial charge in [0.1, 0.15) is 13.0 Å². The molecule has 2 heteroatoms. The first-order valence-electron chi connectivity index (χ1n) is 3.72. The molecule has 57 valence electrons. The lowest BCUT2D eigenvalue weighted by molar-refractivity contribution is 0.414. The fourth-order valence-electron chi connectivity index (χ4n) is 1.10. The first-order chi connectivity index (χ1) is 5.27. The number of hydrogen-bond donors (Lipinski definition) is 0. The van der Waals surface area contributed by atoms with Gasteiger partial charge >= 0.3 is 0 Å². The maximum absolute atomic E-state index is 5.08. The molecule has 0 saturated carbocycles. The van der Waals surface area contributed by atoms with Crippen LogP contribution in [0.5, 0.6) is 5.75 Å². The lowest BCUT2D eigenvalue weighted by Gasteiger charge is -2.04. The minimum absolute atomic E-state index is 0.924. The lowest BCUT2D eigenvalue weighted by atomic mass is 9.71. The molecule has 1 radical (unpaired) electrons. The Kier molecular flexibility index (Phi) is 2.58. The van der Waals surface area contributed by atoms with E-state index in [9.17, 15) is 0 Å². The van der Waals surface area contributed by atoms with E-state index in [4.69, 9.17) is 4.74 Å². The SMILES string of the molecule is C[B]c1ccc(OC)cc1C. The summed E-state index contributed by atoms with van der Waals surface area (Å²) in [5.74, 6) is 0.924. The van der Waals surface area contributed by atoms with Gasteiger partial charge in [-0.15, -0.1) is 0 Å². The molecule has 0 N–H and O–H groups in total. The summed E-state index contributed by atoms with van der Waals surface area (Å²) in [6.07, 6.45) is 0. The monoisotopic (exact) mass is 147 g/mol. The highest BCUT2D eigenvalue weighted by Gasteiger charge is 1.97. The Bertz CT molecular complexity index is 245. The molecule has 1 rings (SSSR count). The fraction of sp³-hybridized carbons (Fsp3) is 0.333. The molecule has 0 bridgehead atoms. The number of aryl methyl sites for hydroxylation is 1. The van der Waals surface area contributed by atoms with Crippen molar-refractivity contribution in [3.63, 3.8) is 0 Å². The third-order valence-electron chi connectivity index (χ3n) is 1.79. The largest absolute Gasteiger partial charge is 0.497 e. The standard InChI is InChI=1S/C9H12BO/c1-7-6-8(11-3)4-5-9(7)10-2/h4-6H,1-3H3. The van der Waals surface area contributed by atoms with Crippen molar-refractivity contribution in [2.75, 3.05) is 7.11 Å². The van der Waals surface area contributed by atoms with Crippen LogP contribution in [0, 0.1) is 6.92 Å². The van der Waals surface area contributed by atoms with E-state index in [1.54, 1.807) is 7.11 Å². The second-order valence-electron chi connectivity index (χ2n) is 2.51. The Morgan fingerprint density at radius 1 is 1.36 bits per heavy atom. The molecule has 1 aromatic rings. The van der Waals surface area contributed by atoms with Gasteiger partial charge in [0, 0.05) is 0 Å². The molecule has 0 aliphatic carbocycles. The highest BCUT2D eigenvalue weighted by atomic mass is 16.5. The summed E-state index contributed by atoms with van der Waals surface area (Å²) in [7, 11) is 3.78. The highest BCUT2D eigenvalue weighted by Crippen LogP contribution is 2.09. The van der Waals surface area contributed by atoms with E-state index in [1.807, 2.05) is 19.0 Å². The van der Waals surface area contributed by atoms with E-state index in [0.717, 1.165) is 5.75 Å². The van der Waals surface area contributed by atoms with Crippen molar-refractivity contribution in [1.82, 2.24) is 0 Å². The van der Waals surface area contributed by atoms with Gasteiger partial charge < -0.3 is 4.74 Å². The molecule has 1 aromatic carbocycles. The fourth-order valence-corrected chi connectivity index (χ4v) is 1.10. The van der Waals surface area contributed by atoms with Crippen molar-refractivity contribution in [2.45, 2.75) is 13.7 Å². The van der Waals surface area contributed by atoms with Crippen LogP contribution in [0.15, 0.2) is 18.2 Å². The van der Waals surface area contributed by atoms with E-state index < -0.39 is 0 Å². The first kappa shape index (κ1) is 8.18. The zero-order chi connectivity index (χ0) is 8.27. The van der Waals surface area contributed by atoms with E-state index in [-0.39, 0.29) is 0 Å². The Morgan fingerprint density at radius 3 is 2.55 bits per heavy atom. The van der Waals surface area contributed by atoms with Crippen LogP contribution < -0.4 is 10.2 Å². The molecular formula is C9H12BO. The normalized spacial score (nSPS) is 9.36. The molecule has 11 heavy (non-hydrogen) atoms. The molecule has 0 amide bonds. The van der Waals surface area contributed by atoms with Crippen LogP contribution in [-0.2, 0) is 0 Å². The second kappa shape index (κ2) is 3.47. The number of hydrogen-bond acceptors (Lipinski definition) is 1. The van der Waals surface area contributed by atoms with Gasteiger partial charge in [0.05, 0.1) is 7.11 Å². The van der Waals surface area contributed by atoms with Gasteiger partial charge in [0.15, 0.2) is 0 Å². The summed E-state index contributed by atoms with van der Waals surface area (Å²) in [5, 5.41) is 0. The summed E-state index contributed by atoms with van der Waals surface area (Å²) >= 11 is 0. The van der Waals surface area contributed by atoms with E-state index in [2.05, 4.69) is 20.3 Å². The molecule has 0 aliphatic rings. The quantitative estimate of drug-likeness (QED) is 0.574.